The van der Waals surface area contributed by atoms with Crippen LogP contribution in [-0.2, 0) is 0 Å². The van der Waals surface area contributed by atoms with Crippen molar-refractivity contribution >= 4 is 29.1 Å². The molecule has 2 nitrogen and oxygen atoms in total. The van der Waals surface area contributed by atoms with Gasteiger partial charge in [0.2, 0.25) is 0 Å². The molecule has 1 rings (SSSR count). The van der Waals surface area contributed by atoms with Crippen molar-refractivity contribution in [2.75, 3.05) is 5.88 Å². The standard InChI is InChI=1S/C14H19Cl2NO/c1-9(2)6-12(8-15)17-14(18)11-5-4-10(3)13(16)7-11/h4-5,7,9,12H,6,8H2,1-3H3,(H,17,18). The molecular weight excluding hydrogens is 269 g/mol. The minimum atomic E-state index is -0.122. The van der Waals surface area contributed by atoms with Gasteiger partial charge in [0.25, 0.3) is 5.91 Å². The van der Waals surface area contributed by atoms with Crippen molar-refractivity contribution in [3.63, 3.8) is 0 Å². The molecule has 1 aromatic rings. The molecule has 100 valence electrons. The summed E-state index contributed by atoms with van der Waals surface area (Å²) in [5.41, 5.74) is 1.54. The first-order valence-corrected chi connectivity index (χ1v) is 6.98. The van der Waals surface area contributed by atoms with Crippen LogP contribution in [0.25, 0.3) is 0 Å². The zero-order valence-corrected chi connectivity index (χ0v) is 12.5. The number of rotatable bonds is 5. The van der Waals surface area contributed by atoms with Crippen LogP contribution < -0.4 is 5.32 Å². The van der Waals surface area contributed by atoms with Crippen molar-refractivity contribution in [2.45, 2.75) is 33.2 Å². The van der Waals surface area contributed by atoms with E-state index in [2.05, 4.69) is 19.2 Å². The van der Waals surface area contributed by atoms with Crippen LogP contribution in [0.15, 0.2) is 18.2 Å². The first kappa shape index (κ1) is 15.3. The largest absolute Gasteiger partial charge is 0.348 e. The number of benzene rings is 1. The first-order chi connectivity index (χ1) is 8.43. The van der Waals surface area contributed by atoms with Gasteiger partial charge in [-0.15, -0.1) is 11.6 Å². The second-order valence-electron chi connectivity index (χ2n) is 4.92. The summed E-state index contributed by atoms with van der Waals surface area (Å²) in [4.78, 5) is 12.0. The Hall–Kier alpha value is -0.730. The normalized spacial score (nSPS) is 12.6. The number of nitrogens with one attached hydrogen (secondary N) is 1. The van der Waals surface area contributed by atoms with E-state index in [1.807, 2.05) is 13.0 Å². The van der Waals surface area contributed by atoms with Gasteiger partial charge in [-0.3, -0.25) is 4.79 Å². The molecule has 4 heteroatoms. The van der Waals surface area contributed by atoms with Gasteiger partial charge < -0.3 is 5.32 Å². The zero-order valence-electron chi connectivity index (χ0n) is 11.0. The van der Waals surface area contributed by atoms with E-state index >= 15 is 0 Å². The van der Waals surface area contributed by atoms with Gasteiger partial charge in [-0.1, -0.05) is 31.5 Å². The highest BCUT2D eigenvalue weighted by molar-refractivity contribution is 6.31. The van der Waals surface area contributed by atoms with Gasteiger partial charge in [-0.25, -0.2) is 0 Å². The summed E-state index contributed by atoms with van der Waals surface area (Å²) in [5.74, 6) is 0.794. The van der Waals surface area contributed by atoms with Crippen LogP contribution in [0, 0.1) is 12.8 Å². The Kier molecular flexibility index (Phi) is 5.97. The fraction of sp³-hybridized carbons (Fsp3) is 0.500. The molecule has 1 atom stereocenters. The summed E-state index contributed by atoms with van der Waals surface area (Å²) in [6, 6.07) is 5.30. The van der Waals surface area contributed by atoms with Crippen LogP contribution in [0.3, 0.4) is 0 Å². The fourth-order valence-electron chi connectivity index (χ4n) is 1.73. The number of carbonyl (C=O) groups is 1. The molecule has 0 saturated heterocycles. The molecule has 0 aromatic heterocycles. The third-order valence-corrected chi connectivity index (χ3v) is 3.49. The predicted octanol–water partition coefficient (Wildman–Crippen LogP) is 4.03. The van der Waals surface area contributed by atoms with E-state index in [9.17, 15) is 4.79 Å². The van der Waals surface area contributed by atoms with Gasteiger partial charge in [0, 0.05) is 22.5 Å². The third-order valence-electron chi connectivity index (χ3n) is 2.71. The SMILES string of the molecule is Cc1ccc(C(=O)NC(CCl)CC(C)C)cc1Cl. The number of aryl methyl sites for hydroxylation is 1. The van der Waals surface area contributed by atoms with Crippen LogP contribution in [0.1, 0.15) is 36.2 Å². The highest BCUT2D eigenvalue weighted by Crippen LogP contribution is 2.17. The van der Waals surface area contributed by atoms with Crippen LogP contribution in [0.4, 0.5) is 0 Å². The van der Waals surface area contributed by atoms with Gasteiger partial charge in [0.05, 0.1) is 0 Å². The molecule has 0 aliphatic heterocycles. The number of hydrogen-bond acceptors (Lipinski definition) is 1. The maximum absolute atomic E-state index is 12.0. The lowest BCUT2D eigenvalue weighted by Gasteiger charge is -2.18. The average Bonchev–Trinajstić information content (AvgIpc) is 2.31. The summed E-state index contributed by atoms with van der Waals surface area (Å²) in [5, 5.41) is 3.54. The molecule has 1 unspecified atom stereocenters. The van der Waals surface area contributed by atoms with Crippen molar-refractivity contribution < 1.29 is 4.79 Å². The lowest BCUT2D eigenvalue weighted by molar-refractivity contribution is 0.0936. The van der Waals surface area contributed by atoms with Crippen molar-refractivity contribution in [3.05, 3.63) is 34.3 Å². The third kappa shape index (κ3) is 4.51. The Morgan fingerprint density at radius 2 is 2.06 bits per heavy atom. The van der Waals surface area contributed by atoms with Crippen LogP contribution in [0.5, 0.6) is 0 Å². The predicted molar refractivity (Wildman–Crippen MR) is 77.6 cm³/mol. The molecule has 0 heterocycles. The van der Waals surface area contributed by atoms with Crippen LogP contribution in [0.2, 0.25) is 5.02 Å². The smallest absolute Gasteiger partial charge is 0.251 e. The van der Waals surface area contributed by atoms with Crippen LogP contribution >= 0.6 is 23.2 Å². The number of amides is 1. The number of alkyl halides is 1. The molecule has 0 fully saturated rings. The Balaban J connectivity index is 2.71. The average molecular weight is 288 g/mol. The maximum atomic E-state index is 12.0. The highest BCUT2D eigenvalue weighted by Gasteiger charge is 2.14. The Labute approximate surface area is 119 Å². The summed E-state index contributed by atoms with van der Waals surface area (Å²) in [6.07, 6.45) is 0.870. The zero-order chi connectivity index (χ0) is 13.7. The molecule has 1 aromatic carbocycles. The van der Waals surface area contributed by atoms with Gasteiger partial charge in [0.1, 0.15) is 0 Å². The molecule has 0 aliphatic rings. The molecule has 0 radical (unpaired) electrons. The van der Waals surface area contributed by atoms with Gasteiger partial charge >= 0.3 is 0 Å². The van der Waals surface area contributed by atoms with Crippen molar-refractivity contribution in [2.24, 2.45) is 5.92 Å². The Bertz CT molecular complexity index is 418. The minimum absolute atomic E-state index is 0.000699. The maximum Gasteiger partial charge on any atom is 0.251 e. The summed E-state index contributed by atoms with van der Waals surface area (Å²) in [7, 11) is 0. The Morgan fingerprint density at radius 1 is 1.39 bits per heavy atom. The molecule has 1 amide bonds. The fourth-order valence-corrected chi connectivity index (χ4v) is 2.12. The van der Waals surface area contributed by atoms with Crippen molar-refractivity contribution in [1.29, 1.82) is 0 Å². The molecule has 0 bridgehead atoms. The van der Waals surface area contributed by atoms with E-state index in [0.29, 0.717) is 22.4 Å². The monoisotopic (exact) mass is 287 g/mol. The second-order valence-corrected chi connectivity index (χ2v) is 5.63. The highest BCUT2D eigenvalue weighted by atomic mass is 35.5. The first-order valence-electron chi connectivity index (χ1n) is 6.07. The van der Waals surface area contributed by atoms with Crippen molar-refractivity contribution in [1.82, 2.24) is 5.32 Å². The lowest BCUT2D eigenvalue weighted by atomic mass is 10.0. The number of hydrogen-bond donors (Lipinski definition) is 1. The molecular formula is C14H19Cl2NO. The topological polar surface area (TPSA) is 29.1 Å². The molecule has 0 saturated carbocycles. The van der Waals surface area contributed by atoms with Gasteiger partial charge in [-0.2, -0.15) is 0 Å². The van der Waals surface area contributed by atoms with E-state index in [1.54, 1.807) is 12.1 Å². The van der Waals surface area contributed by atoms with Crippen LogP contribution in [-0.4, -0.2) is 17.8 Å². The van der Waals surface area contributed by atoms with E-state index < -0.39 is 0 Å². The number of carbonyl (C=O) groups excluding carboxylic acids is 1. The van der Waals surface area contributed by atoms with Gasteiger partial charge in [-0.05, 0) is 37.0 Å². The molecule has 18 heavy (non-hydrogen) atoms. The van der Waals surface area contributed by atoms with Gasteiger partial charge in [0.15, 0.2) is 0 Å². The molecule has 0 aliphatic carbocycles. The molecule has 1 N–H and O–H groups in total. The Morgan fingerprint density at radius 3 is 2.56 bits per heavy atom. The minimum Gasteiger partial charge on any atom is -0.348 e. The summed E-state index contributed by atoms with van der Waals surface area (Å²) < 4.78 is 0. The molecule has 0 spiro atoms. The van der Waals surface area contributed by atoms with E-state index in [-0.39, 0.29) is 11.9 Å². The van der Waals surface area contributed by atoms with E-state index in [0.717, 1.165) is 12.0 Å². The number of halogens is 2. The lowest BCUT2D eigenvalue weighted by Crippen LogP contribution is -2.37. The van der Waals surface area contributed by atoms with Crippen molar-refractivity contribution in [3.8, 4) is 0 Å². The second kappa shape index (κ2) is 7.01. The summed E-state index contributed by atoms with van der Waals surface area (Å²) in [6.45, 7) is 6.12. The van der Waals surface area contributed by atoms with E-state index in [1.165, 1.54) is 0 Å². The van der Waals surface area contributed by atoms with E-state index in [4.69, 9.17) is 23.2 Å². The summed E-state index contributed by atoms with van der Waals surface area (Å²) >= 11 is 11.9. The quantitative estimate of drug-likeness (QED) is 0.814.